The van der Waals surface area contributed by atoms with E-state index in [0.717, 1.165) is 29.7 Å². The van der Waals surface area contributed by atoms with Gasteiger partial charge in [-0.2, -0.15) is 4.52 Å². The third-order valence-electron chi connectivity index (χ3n) is 6.45. The molecule has 7 rings (SSSR count). The molecule has 0 radical (unpaired) electrons. The highest BCUT2D eigenvalue weighted by atomic mass is 16.1. The second-order valence-corrected chi connectivity index (χ2v) is 8.83. The van der Waals surface area contributed by atoms with Crippen molar-refractivity contribution in [2.24, 2.45) is 4.99 Å². The van der Waals surface area contributed by atoms with Crippen molar-refractivity contribution in [2.75, 3.05) is 17.7 Å². The Labute approximate surface area is 199 Å². The van der Waals surface area contributed by atoms with Gasteiger partial charge in [-0.3, -0.25) is 9.69 Å². The SMILES string of the molecule is CN1Cc2ccc(NC3=NCc4c(nc5c6ccccc6n(-c6ncccn6)n5c4=O)N3)cc2C1. The predicted molar refractivity (Wildman–Crippen MR) is 134 cm³/mol. The number of guanidine groups is 1. The number of hydrogen-bond donors (Lipinski definition) is 2. The number of hydrogen-bond acceptors (Lipinski definition) is 8. The first-order valence-electron chi connectivity index (χ1n) is 11.4. The summed E-state index contributed by atoms with van der Waals surface area (Å²) in [4.78, 5) is 34.1. The van der Waals surface area contributed by atoms with E-state index in [2.05, 4.69) is 55.7 Å². The van der Waals surface area contributed by atoms with Crippen molar-refractivity contribution in [1.29, 1.82) is 0 Å². The van der Waals surface area contributed by atoms with Crippen molar-refractivity contribution < 1.29 is 0 Å². The predicted octanol–water partition coefficient (Wildman–Crippen LogP) is 2.77. The summed E-state index contributed by atoms with van der Waals surface area (Å²) in [5, 5.41) is 7.42. The topological polar surface area (TPSA) is 105 Å². The Kier molecular flexibility index (Phi) is 4.24. The molecule has 0 atom stereocenters. The fourth-order valence-corrected chi connectivity index (χ4v) is 4.86. The highest BCUT2D eigenvalue weighted by Gasteiger charge is 2.24. The Bertz CT molecular complexity index is 1720. The van der Waals surface area contributed by atoms with E-state index in [4.69, 9.17) is 4.98 Å². The largest absolute Gasteiger partial charge is 0.326 e. The number of aliphatic imine (C=N–C) groups is 1. The molecule has 0 saturated carbocycles. The Hall–Kier alpha value is -4.57. The van der Waals surface area contributed by atoms with Gasteiger partial charge in [0, 0.05) is 36.6 Å². The van der Waals surface area contributed by atoms with E-state index in [1.807, 2.05) is 24.3 Å². The summed E-state index contributed by atoms with van der Waals surface area (Å²) >= 11 is 0. The Balaban J connectivity index is 1.31. The molecule has 0 unspecified atom stereocenters. The van der Waals surface area contributed by atoms with Crippen LogP contribution in [-0.2, 0) is 19.6 Å². The van der Waals surface area contributed by atoms with Gasteiger partial charge < -0.3 is 10.6 Å². The van der Waals surface area contributed by atoms with E-state index in [-0.39, 0.29) is 12.1 Å². The van der Waals surface area contributed by atoms with Crippen LogP contribution < -0.4 is 16.2 Å². The zero-order chi connectivity index (χ0) is 23.5. The van der Waals surface area contributed by atoms with Crippen LogP contribution in [0.25, 0.3) is 22.5 Å². The second-order valence-electron chi connectivity index (χ2n) is 8.83. The standard InChI is InChI=1S/C25H21N9O/c1-32-13-15-7-8-17(11-16(15)14-32)29-24-28-12-19-21(31-24)30-22-18-5-2-3-6-20(18)33(34(22)23(19)35)25-26-9-4-10-27-25/h2-11H,12-14H2,1H3,(H2,28,29,31). The lowest BCUT2D eigenvalue weighted by Crippen LogP contribution is -2.33. The van der Waals surface area contributed by atoms with Gasteiger partial charge in [0.1, 0.15) is 5.82 Å². The number of nitrogens with zero attached hydrogens (tertiary/aromatic N) is 7. The molecule has 2 aromatic carbocycles. The number of nitrogens with one attached hydrogen (secondary N) is 2. The summed E-state index contributed by atoms with van der Waals surface area (Å²) in [6.45, 7) is 2.11. The molecular formula is C25H21N9O. The molecule has 2 aliphatic heterocycles. The van der Waals surface area contributed by atoms with Crippen LogP contribution in [0.3, 0.4) is 0 Å². The first-order chi connectivity index (χ1) is 17.2. The molecule has 0 fully saturated rings. The molecule has 10 nitrogen and oxygen atoms in total. The van der Waals surface area contributed by atoms with E-state index in [9.17, 15) is 4.79 Å². The van der Waals surface area contributed by atoms with E-state index in [1.165, 1.54) is 15.6 Å². The molecule has 3 aromatic heterocycles. The van der Waals surface area contributed by atoms with Crippen LogP contribution in [-0.4, -0.2) is 42.1 Å². The first-order valence-corrected chi connectivity index (χ1v) is 11.4. The molecule has 172 valence electrons. The summed E-state index contributed by atoms with van der Waals surface area (Å²) in [6, 6.07) is 15.8. The number of aromatic nitrogens is 5. The van der Waals surface area contributed by atoms with Gasteiger partial charge >= 0.3 is 0 Å². The Morgan fingerprint density at radius 3 is 2.71 bits per heavy atom. The molecule has 0 spiro atoms. The normalized spacial score (nSPS) is 15.1. The lowest BCUT2D eigenvalue weighted by atomic mass is 10.1. The maximum absolute atomic E-state index is 13.7. The van der Waals surface area contributed by atoms with Crippen LogP contribution in [0.2, 0.25) is 0 Å². The van der Waals surface area contributed by atoms with Crippen LogP contribution >= 0.6 is 0 Å². The fraction of sp³-hybridized carbons (Fsp3) is 0.160. The minimum Gasteiger partial charge on any atom is -0.326 e. The highest BCUT2D eigenvalue weighted by molar-refractivity contribution is 6.05. The molecule has 0 amide bonds. The lowest BCUT2D eigenvalue weighted by Gasteiger charge is -2.19. The fourth-order valence-electron chi connectivity index (χ4n) is 4.86. The second kappa shape index (κ2) is 7.47. The summed E-state index contributed by atoms with van der Waals surface area (Å²) in [5.41, 5.74) is 5.22. The third kappa shape index (κ3) is 3.11. The number of fused-ring (bicyclic) bond motifs is 5. The van der Waals surface area contributed by atoms with Crippen LogP contribution in [0.1, 0.15) is 16.7 Å². The zero-order valence-electron chi connectivity index (χ0n) is 18.9. The van der Waals surface area contributed by atoms with E-state index >= 15 is 0 Å². The number of benzene rings is 2. The molecule has 0 saturated heterocycles. The van der Waals surface area contributed by atoms with Crippen LogP contribution in [0.4, 0.5) is 11.5 Å². The van der Waals surface area contributed by atoms with E-state index in [0.29, 0.717) is 28.9 Å². The third-order valence-corrected chi connectivity index (χ3v) is 6.45. The average Bonchev–Trinajstić information content (AvgIpc) is 3.41. The average molecular weight is 464 g/mol. The van der Waals surface area contributed by atoms with Crippen molar-refractivity contribution in [1.82, 2.24) is 29.0 Å². The van der Waals surface area contributed by atoms with E-state index < -0.39 is 0 Å². The van der Waals surface area contributed by atoms with Crippen molar-refractivity contribution >= 4 is 34.0 Å². The summed E-state index contributed by atoms with van der Waals surface area (Å²) < 4.78 is 3.24. The number of para-hydroxylation sites is 1. The zero-order valence-corrected chi connectivity index (χ0v) is 18.9. The van der Waals surface area contributed by atoms with Crippen molar-refractivity contribution in [3.63, 3.8) is 0 Å². The molecule has 0 aliphatic carbocycles. The van der Waals surface area contributed by atoms with Gasteiger partial charge in [0.2, 0.25) is 11.9 Å². The van der Waals surface area contributed by atoms with Gasteiger partial charge in [-0.15, -0.1) is 0 Å². The van der Waals surface area contributed by atoms with Crippen LogP contribution in [0.15, 0.2) is 70.7 Å². The molecule has 5 heterocycles. The maximum Gasteiger partial charge on any atom is 0.280 e. The minimum atomic E-state index is -0.204. The Morgan fingerprint density at radius 2 is 1.83 bits per heavy atom. The molecule has 35 heavy (non-hydrogen) atoms. The molecule has 2 N–H and O–H groups in total. The Morgan fingerprint density at radius 1 is 1.00 bits per heavy atom. The van der Waals surface area contributed by atoms with Crippen molar-refractivity contribution in [3.8, 4) is 5.95 Å². The first kappa shape index (κ1) is 19.9. The van der Waals surface area contributed by atoms with E-state index in [1.54, 1.807) is 23.1 Å². The summed E-state index contributed by atoms with van der Waals surface area (Å²) in [5.74, 6) is 1.47. The van der Waals surface area contributed by atoms with Crippen LogP contribution in [0, 0.1) is 0 Å². The highest BCUT2D eigenvalue weighted by Crippen LogP contribution is 2.27. The van der Waals surface area contributed by atoms with Gasteiger partial charge in [0.25, 0.3) is 5.56 Å². The van der Waals surface area contributed by atoms with Gasteiger partial charge in [0.15, 0.2) is 5.65 Å². The quantitative estimate of drug-likeness (QED) is 0.415. The van der Waals surface area contributed by atoms with Crippen molar-refractivity contribution in [3.05, 3.63) is 88.0 Å². The van der Waals surface area contributed by atoms with Gasteiger partial charge in [-0.1, -0.05) is 18.2 Å². The molecule has 10 heteroatoms. The van der Waals surface area contributed by atoms with Gasteiger partial charge in [-0.25, -0.2) is 24.6 Å². The summed E-state index contributed by atoms with van der Waals surface area (Å²) in [6.07, 6.45) is 3.31. The van der Waals surface area contributed by atoms with Gasteiger partial charge in [-0.05, 0) is 48.5 Å². The van der Waals surface area contributed by atoms with Gasteiger partial charge in [0.05, 0.1) is 17.6 Å². The number of anilines is 2. The minimum absolute atomic E-state index is 0.204. The number of rotatable bonds is 2. The molecular weight excluding hydrogens is 442 g/mol. The molecule has 2 aliphatic rings. The summed E-state index contributed by atoms with van der Waals surface area (Å²) in [7, 11) is 2.11. The van der Waals surface area contributed by atoms with Crippen LogP contribution in [0.5, 0.6) is 0 Å². The lowest BCUT2D eigenvalue weighted by molar-refractivity contribution is 0.353. The maximum atomic E-state index is 13.7. The smallest absolute Gasteiger partial charge is 0.280 e. The van der Waals surface area contributed by atoms with Crippen molar-refractivity contribution in [2.45, 2.75) is 19.6 Å². The molecule has 5 aromatic rings. The monoisotopic (exact) mass is 463 g/mol. The molecule has 0 bridgehead atoms.